The van der Waals surface area contributed by atoms with Crippen molar-refractivity contribution in [1.29, 1.82) is 0 Å². The average molecular weight is 316 g/mol. The Balaban J connectivity index is 1.94. The molecule has 2 aromatic rings. The minimum absolute atomic E-state index is 0.209. The summed E-state index contributed by atoms with van der Waals surface area (Å²) >= 11 is 6.21. The number of hydrogen-bond acceptors (Lipinski definition) is 5. The normalized spacial score (nSPS) is 10.8. The second-order valence-electron chi connectivity index (χ2n) is 2.75. The fourth-order valence-corrected chi connectivity index (χ4v) is 2.55. The predicted octanol–water partition coefficient (Wildman–Crippen LogP) is 3.01. The highest BCUT2D eigenvalue weighted by atomic mass is 79.9. The van der Waals surface area contributed by atoms with Crippen LogP contribution in [0.1, 0.15) is 5.56 Å². The van der Waals surface area contributed by atoms with Gasteiger partial charge in [-0.15, -0.1) is 21.5 Å². The summed E-state index contributed by atoms with van der Waals surface area (Å²) in [6.07, 6.45) is 3.22. The summed E-state index contributed by atoms with van der Waals surface area (Å²) in [5.41, 5.74) is 2.55. The van der Waals surface area contributed by atoms with E-state index in [0.29, 0.717) is 5.13 Å². The van der Waals surface area contributed by atoms with Crippen LogP contribution in [0.4, 0.5) is 5.13 Å². The third-order valence-electron chi connectivity index (χ3n) is 1.61. The first-order valence-corrected chi connectivity index (χ1v) is 6.78. The maximum absolute atomic E-state index is 11.4. The minimum Gasteiger partial charge on any atom is -0.297 e. The molecule has 16 heavy (non-hydrogen) atoms. The topological polar surface area (TPSA) is 54.9 Å². The first kappa shape index (κ1) is 11.4. The van der Waals surface area contributed by atoms with Crippen molar-refractivity contribution in [3.8, 4) is 0 Å². The van der Waals surface area contributed by atoms with E-state index in [4.69, 9.17) is 0 Å². The second-order valence-corrected chi connectivity index (χ2v) is 5.87. The SMILES string of the molecule is O=C(C=Cc1csc(Br)c1)Nc1nncs1. The first-order chi connectivity index (χ1) is 7.74. The third-order valence-corrected chi connectivity index (χ3v) is 3.73. The molecule has 0 aliphatic heterocycles. The number of aromatic nitrogens is 2. The van der Waals surface area contributed by atoms with Crippen molar-refractivity contribution < 1.29 is 4.79 Å². The smallest absolute Gasteiger partial charge is 0.250 e. The van der Waals surface area contributed by atoms with Gasteiger partial charge in [0.1, 0.15) is 5.51 Å². The van der Waals surface area contributed by atoms with Gasteiger partial charge in [-0.25, -0.2) is 0 Å². The van der Waals surface area contributed by atoms with Crippen molar-refractivity contribution in [1.82, 2.24) is 10.2 Å². The van der Waals surface area contributed by atoms with Crippen LogP contribution in [-0.2, 0) is 4.79 Å². The molecule has 2 aromatic heterocycles. The van der Waals surface area contributed by atoms with Crippen LogP contribution in [0.5, 0.6) is 0 Å². The van der Waals surface area contributed by atoms with Crippen LogP contribution >= 0.6 is 38.6 Å². The summed E-state index contributed by atoms with van der Waals surface area (Å²) in [4.78, 5) is 11.4. The molecule has 1 amide bonds. The van der Waals surface area contributed by atoms with E-state index in [1.807, 2.05) is 11.4 Å². The summed E-state index contributed by atoms with van der Waals surface area (Å²) in [5.74, 6) is -0.209. The van der Waals surface area contributed by atoms with Crippen LogP contribution < -0.4 is 5.32 Å². The monoisotopic (exact) mass is 315 g/mol. The Morgan fingerprint density at radius 3 is 3.00 bits per heavy atom. The van der Waals surface area contributed by atoms with Gasteiger partial charge in [0.15, 0.2) is 0 Å². The van der Waals surface area contributed by atoms with E-state index in [1.54, 1.807) is 22.9 Å². The highest BCUT2D eigenvalue weighted by Gasteiger charge is 2.00. The van der Waals surface area contributed by atoms with Crippen molar-refractivity contribution in [2.75, 3.05) is 5.32 Å². The molecule has 0 unspecified atom stereocenters. The maximum Gasteiger partial charge on any atom is 0.250 e. The van der Waals surface area contributed by atoms with E-state index in [2.05, 4.69) is 31.4 Å². The predicted molar refractivity (Wildman–Crippen MR) is 69.6 cm³/mol. The lowest BCUT2D eigenvalue weighted by Crippen LogP contribution is -2.07. The van der Waals surface area contributed by atoms with Gasteiger partial charge >= 0.3 is 0 Å². The molecular weight excluding hydrogens is 310 g/mol. The second kappa shape index (κ2) is 5.33. The quantitative estimate of drug-likeness (QED) is 0.886. The summed E-state index contributed by atoms with van der Waals surface area (Å²) in [6, 6.07) is 1.94. The van der Waals surface area contributed by atoms with E-state index < -0.39 is 0 Å². The molecule has 1 N–H and O–H groups in total. The number of rotatable bonds is 3. The van der Waals surface area contributed by atoms with Gasteiger partial charge in [0.2, 0.25) is 11.0 Å². The number of anilines is 1. The standard InChI is InChI=1S/C9H6BrN3OS2/c10-7-3-6(4-15-7)1-2-8(14)12-9-13-11-5-16-9/h1-5H,(H,12,13,14). The van der Waals surface area contributed by atoms with Crippen LogP contribution in [-0.4, -0.2) is 16.1 Å². The van der Waals surface area contributed by atoms with Gasteiger partial charge in [-0.1, -0.05) is 11.3 Å². The van der Waals surface area contributed by atoms with Crippen LogP contribution in [0.2, 0.25) is 0 Å². The van der Waals surface area contributed by atoms with Crippen LogP contribution in [0.15, 0.2) is 26.8 Å². The number of nitrogens with zero attached hydrogens (tertiary/aromatic N) is 2. The number of nitrogens with one attached hydrogen (secondary N) is 1. The Morgan fingerprint density at radius 1 is 1.50 bits per heavy atom. The summed E-state index contributed by atoms with van der Waals surface area (Å²) in [5, 5.41) is 12.4. The van der Waals surface area contributed by atoms with Crippen molar-refractivity contribution in [2.24, 2.45) is 0 Å². The highest BCUT2D eigenvalue weighted by molar-refractivity contribution is 9.11. The summed E-state index contributed by atoms with van der Waals surface area (Å²) in [7, 11) is 0. The molecule has 0 radical (unpaired) electrons. The average Bonchev–Trinajstić information content (AvgIpc) is 2.87. The zero-order chi connectivity index (χ0) is 11.4. The van der Waals surface area contributed by atoms with Gasteiger partial charge in [-0.05, 0) is 39.0 Å². The summed E-state index contributed by atoms with van der Waals surface area (Å²) < 4.78 is 1.04. The number of carbonyl (C=O) groups excluding carboxylic acids is 1. The molecule has 2 heterocycles. The lowest BCUT2D eigenvalue weighted by atomic mass is 10.3. The molecule has 0 saturated heterocycles. The number of amides is 1. The Labute approximate surface area is 108 Å². The maximum atomic E-state index is 11.4. The Morgan fingerprint density at radius 2 is 2.38 bits per heavy atom. The van der Waals surface area contributed by atoms with Gasteiger partial charge in [0, 0.05) is 6.08 Å². The van der Waals surface area contributed by atoms with Crippen molar-refractivity contribution >= 4 is 55.7 Å². The zero-order valence-electron chi connectivity index (χ0n) is 7.88. The zero-order valence-corrected chi connectivity index (χ0v) is 11.1. The lowest BCUT2D eigenvalue weighted by molar-refractivity contribution is -0.111. The number of carbonyl (C=O) groups is 1. The molecule has 0 spiro atoms. The Kier molecular flexibility index (Phi) is 3.81. The fraction of sp³-hybridized carbons (Fsp3) is 0. The van der Waals surface area contributed by atoms with Gasteiger partial charge in [0.05, 0.1) is 3.79 Å². The van der Waals surface area contributed by atoms with Crippen LogP contribution in [0, 0.1) is 0 Å². The molecule has 4 nitrogen and oxygen atoms in total. The Hall–Kier alpha value is -1.05. The van der Waals surface area contributed by atoms with Gasteiger partial charge in [-0.2, -0.15) is 0 Å². The number of hydrogen-bond donors (Lipinski definition) is 1. The van der Waals surface area contributed by atoms with E-state index >= 15 is 0 Å². The molecule has 0 fully saturated rings. The molecule has 0 atom stereocenters. The molecule has 2 rings (SSSR count). The van der Waals surface area contributed by atoms with Gasteiger partial charge in [-0.3, -0.25) is 10.1 Å². The van der Waals surface area contributed by atoms with E-state index in [0.717, 1.165) is 9.35 Å². The molecule has 0 aliphatic carbocycles. The van der Waals surface area contributed by atoms with Crippen molar-refractivity contribution in [3.63, 3.8) is 0 Å². The molecule has 0 saturated carbocycles. The van der Waals surface area contributed by atoms with E-state index in [-0.39, 0.29) is 5.91 Å². The van der Waals surface area contributed by atoms with Gasteiger partial charge in [0.25, 0.3) is 0 Å². The minimum atomic E-state index is -0.209. The lowest BCUT2D eigenvalue weighted by Gasteiger charge is -1.93. The van der Waals surface area contributed by atoms with Crippen molar-refractivity contribution in [3.05, 3.63) is 32.4 Å². The molecule has 0 aromatic carbocycles. The van der Waals surface area contributed by atoms with Crippen LogP contribution in [0.25, 0.3) is 6.08 Å². The number of thiophene rings is 1. The van der Waals surface area contributed by atoms with Crippen molar-refractivity contribution in [2.45, 2.75) is 0 Å². The van der Waals surface area contributed by atoms with Crippen LogP contribution in [0.3, 0.4) is 0 Å². The van der Waals surface area contributed by atoms with E-state index in [1.165, 1.54) is 17.4 Å². The molecular formula is C9H6BrN3OS2. The largest absolute Gasteiger partial charge is 0.297 e. The Bertz CT molecular complexity index is 507. The highest BCUT2D eigenvalue weighted by Crippen LogP contribution is 2.21. The summed E-state index contributed by atoms with van der Waals surface area (Å²) in [6.45, 7) is 0. The fourth-order valence-electron chi connectivity index (χ4n) is 0.957. The first-order valence-electron chi connectivity index (χ1n) is 4.23. The van der Waals surface area contributed by atoms with Gasteiger partial charge < -0.3 is 0 Å². The molecule has 0 aliphatic rings. The molecule has 82 valence electrons. The number of halogens is 1. The molecule has 7 heteroatoms. The third kappa shape index (κ3) is 3.22. The van der Waals surface area contributed by atoms with E-state index in [9.17, 15) is 4.79 Å². The molecule has 0 bridgehead atoms.